The van der Waals surface area contributed by atoms with Gasteiger partial charge in [-0.25, -0.2) is 4.98 Å². The van der Waals surface area contributed by atoms with Crippen LogP contribution >= 0.6 is 23.2 Å². The van der Waals surface area contributed by atoms with Gasteiger partial charge in [0, 0.05) is 6.54 Å². The summed E-state index contributed by atoms with van der Waals surface area (Å²) in [6.45, 7) is 2.62. The minimum atomic E-state index is -0.201. The zero-order chi connectivity index (χ0) is 13.3. The van der Waals surface area contributed by atoms with Crippen molar-refractivity contribution in [3.05, 3.63) is 28.0 Å². The van der Waals surface area contributed by atoms with Crippen LogP contribution in [0.2, 0.25) is 10.3 Å². The number of aliphatic hydroxyl groups excluding tert-OH is 1. The molecule has 2 unspecified atom stereocenters. The topological polar surface area (TPSA) is 53.4 Å². The molecule has 1 N–H and O–H groups in total. The van der Waals surface area contributed by atoms with E-state index in [1.54, 1.807) is 11.0 Å². The van der Waals surface area contributed by atoms with Gasteiger partial charge in [-0.05, 0) is 24.5 Å². The van der Waals surface area contributed by atoms with Crippen molar-refractivity contribution in [2.24, 2.45) is 5.92 Å². The van der Waals surface area contributed by atoms with E-state index >= 15 is 0 Å². The van der Waals surface area contributed by atoms with Gasteiger partial charge in [-0.15, -0.1) is 0 Å². The monoisotopic (exact) mass is 288 g/mol. The number of aliphatic hydroxyl groups is 1. The van der Waals surface area contributed by atoms with Crippen molar-refractivity contribution in [1.29, 1.82) is 0 Å². The van der Waals surface area contributed by atoms with Crippen LogP contribution in [-0.4, -0.2) is 40.1 Å². The standard InChI is InChI=1S/C12H14Cl2N2O2/c1-7-4-5-16(9(7)6-17)12(18)8-2-3-10(13)15-11(8)14/h2-3,7,9,17H,4-6H2,1H3. The van der Waals surface area contributed by atoms with Crippen LogP contribution in [0.15, 0.2) is 12.1 Å². The summed E-state index contributed by atoms with van der Waals surface area (Å²) in [5.74, 6) is 0.0885. The number of rotatable bonds is 2. The predicted molar refractivity (Wildman–Crippen MR) is 69.9 cm³/mol. The Kier molecular flexibility index (Phi) is 4.10. The Balaban J connectivity index is 2.26. The molecule has 1 aromatic rings. The lowest BCUT2D eigenvalue weighted by atomic mass is 10.0. The molecule has 1 aromatic heterocycles. The number of amides is 1. The van der Waals surface area contributed by atoms with Gasteiger partial charge in [0.2, 0.25) is 0 Å². The van der Waals surface area contributed by atoms with Gasteiger partial charge in [-0.1, -0.05) is 30.1 Å². The molecule has 98 valence electrons. The fourth-order valence-corrected chi connectivity index (χ4v) is 2.69. The first-order valence-electron chi connectivity index (χ1n) is 5.78. The van der Waals surface area contributed by atoms with Crippen molar-refractivity contribution in [2.45, 2.75) is 19.4 Å². The minimum absolute atomic E-state index is 0.0362. The molecule has 0 aliphatic carbocycles. The van der Waals surface area contributed by atoms with Gasteiger partial charge in [0.25, 0.3) is 5.91 Å². The Bertz CT molecular complexity index is 467. The highest BCUT2D eigenvalue weighted by atomic mass is 35.5. The predicted octanol–water partition coefficient (Wildman–Crippen LogP) is 2.23. The zero-order valence-electron chi connectivity index (χ0n) is 9.94. The smallest absolute Gasteiger partial charge is 0.257 e. The lowest BCUT2D eigenvalue weighted by molar-refractivity contribution is 0.0648. The third kappa shape index (κ3) is 2.46. The number of likely N-dealkylation sites (tertiary alicyclic amines) is 1. The van der Waals surface area contributed by atoms with E-state index in [1.807, 2.05) is 6.92 Å². The molecule has 2 heterocycles. The Hall–Kier alpha value is -0.840. The van der Waals surface area contributed by atoms with Gasteiger partial charge in [-0.2, -0.15) is 0 Å². The number of hydrogen-bond acceptors (Lipinski definition) is 3. The molecule has 1 amide bonds. The Morgan fingerprint density at radius 1 is 1.56 bits per heavy atom. The van der Waals surface area contributed by atoms with Crippen molar-refractivity contribution in [2.75, 3.05) is 13.2 Å². The zero-order valence-corrected chi connectivity index (χ0v) is 11.4. The summed E-state index contributed by atoms with van der Waals surface area (Å²) >= 11 is 11.6. The maximum absolute atomic E-state index is 12.3. The highest BCUT2D eigenvalue weighted by Gasteiger charge is 2.35. The lowest BCUT2D eigenvalue weighted by Crippen LogP contribution is -2.40. The molecule has 1 aliphatic heterocycles. The molecule has 2 rings (SSSR count). The molecule has 0 bridgehead atoms. The number of nitrogens with zero attached hydrogens (tertiary/aromatic N) is 2. The molecule has 0 aromatic carbocycles. The lowest BCUT2D eigenvalue weighted by Gasteiger charge is -2.25. The van der Waals surface area contributed by atoms with E-state index in [0.717, 1.165) is 6.42 Å². The average molecular weight is 289 g/mol. The van der Waals surface area contributed by atoms with Crippen LogP contribution < -0.4 is 0 Å². The minimum Gasteiger partial charge on any atom is -0.394 e. The van der Waals surface area contributed by atoms with Crippen LogP contribution in [0.4, 0.5) is 0 Å². The Morgan fingerprint density at radius 3 is 2.89 bits per heavy atom. The fraction of sp³-hybridized carbons (Fsp3) is 0.500. The van der Waals surface area contributed by atoms with Gasteiger partial charge in [0.1, 0.15) is 10.3 Å². The molecule has 0 radical (unpaired) electrons. The van der Waals surface area contributed by atoms with E-state index in [-0.39, 0.29) is 34.8 Å². The molecule has 4 nitrogen and oxygen atoms in total. The number of carbonyl (C=O) groups excluding carboxylic acids is 1. The fourth-order valence-electron chi connectivity index (χ4n) is 2.27. The molecule has 1 aliphatic rings. The normalized spacial score (nSPS) is 23.4. The molecule has 6 heteroatoms. The Morgan fingerprint density at radius 2 is 2.28 bits per heavy atom. The van der Waals surface area contributed by atoms with Gasteiger partial charge < -0.3 is 10.0 Å². The second-order valence-electron chi connectivity index (χ2n) is 4.49. The highest BCUT2D eigenvalue weighted by molar-refractivity contribution is 6.34. The van der Waals surface area contributed by atoms with E-state index in [1.165, 1.54) is 6.07 Å². The number of hydrogen-bond donors (Lipinski definition) is 1. The summed E-state index contributed by atoms with van der Waals surface area (Å²) in [5, 5.41) is 9.71. The van der Waals surface area contributed by atoms with Gasteiger partial charge in [0.05, 0.1) is 18.2 Å². The first-order valence-corrected chi connectivity index (χ1v) is 6.54. The summed E-state index contributed by atoms with van der Waals surface area (Å²) in [6, 6.07) is 2.95. The molecule has 18 heavy (non-hydrogen) atoms. The molecular formula is C12H14Cl2N2O2. The summed E-state index contributed by atoms with van der Waals surface area (Å²) in [5.41, 5.74) is 0.327. The van der Waals surface area contributed by atoms with Crippen LogP contribution in [0.1, 0.15) is 23.7 Å². The van der Waals surface area contributed by atoms with Crippen LogP contribution in [0.5, 0.6) is 0 Å². The van der Waals surface area contributed by atoms with E-state index in [0.29, 0.717) is 12.1 Å². The van der Waals surface area contributed by atoms with Crippen molar-refractivity contribution in [3.8, 4) is 0 Å². The SMILES string of the molecule is CC1CCN(C(=O)c2ccc(Cl)nc2Cl)C1CO. The van der Waals surface area contributed by atoms with E-state index < -0.39 is 0 Å². The second-order valence-corrected chi connectivity index (χ2v) is 5.23. The number of halogens is 2. The number of aromatic nitrogens is 1. The van der Waals surface area contributed by atoms with E-state index in [9.17, 15) is 9.90 Å². The first kappa shape index (κ1) is 13.6. The largest absolute Gasteiger partial charge is 0.394 e. The summed E-state index contributed by atoms with van der Waals surface area (Å²) in [6.07, 6.45) is 0.885. The van der Waals surface area contributed by atoms with Crippen LogP contribution in [0.25, 0.3) is 0 Å². The van der Waals surface area contributed by atoms with E-state index in [4.69, 9.17) is 23.2 Å². The highest BCUT2D eigenvalue weighted by Crippen LogP contribution is 2.27. The van der Waals surface area contributed by atoms with Crippen molar-refractivity contribution in [3.63, 3.8) is 0 Å². The first-order chi connectivity index (χ1) is 8.54. The molecule has 2 atom stereocenters. The van der Waals surface area contributed by atoms with Crippen LogP contribution in [0, 0.1) is 5.92 Å². The van der Waals surface area contributed by atoms with Crippen molar-refractivity contribution < 1.29 is 9.90 Å². The summed E-state index contributed by atoms with van der Waals surface area (Å²) in [4.78, 5) is 17.9. The summed E-state index contributed by atoms with van der Waals surface area (Å²) in [7, 11) is 0. The molecule has 1 saturated heterocycles. The number of pyridine rings is 1. The molecular weight excluding hydrogens is 275 g/mol. The van der Waals surface area contributed by atoms with Gasteiger partial charge in [-0.3, -0.25) is 4.79 Å². The second kappa shape index (κ2) is 5.43. The molecule has 0 spiro atoms. The third-order valence-electron chi connectivity index (χ3n) is 3.38. The molecule has 1 fully saturated rings. The van der Waals surface area contributed by atoms with Gasteiger partial charge >= 0.3 is 0 Å². The maximum Gasteiger partial charge on any atom is 0.257 e. The van der Waals surface area contributed by atoms with Crippen LogP contribution in [-0.2, 0) is 0 Å². The molecule has 0 saturated carbocycles. The quantitative estimate of drug-likeness (QED) is 0.849. The van der Waals surface area contributed by atoms with E-state index in [2.05, 4.69) is 4.98 Å². The number of carbonyl (C=O) groups is 1. The van der Waals surface area contributed by atoms with Crippen molar-refractivity contribution >= 4 is 29.1 Å². The van der Waals surface area contributed by atoms with Crippen molar-refractivity contribution in [1.82, 2.24) is 9.88 Å². The average Bonchev–Trinajstić information content (AvgIpc) is 2.69. The third-order valence-corrected chi connectivity index (χ3v) is 3.87. The van der Waals surface area contributed by atoms with Crippen LogP contribution in [0.3, 0.4) is 0 Å². The summed E-state index contributed by atoms with van der Waals surface area (Å²) < 4.78 is 0. The van der Waals surface area contributed by atoms with Gasteiger partial charge in [0.15, 0.2) is 0 Å². The Labute approximate surface area is 116 Å². The maximum atomic E-state index is 12.3.